The Morgan fingerprint density at radius 1 is 0.429 bits per heavy atom. The first-order valence-electron chi connectivity index (χ1n) is 11.5. The van der Waals surface area contributed by atoms with Crippen molar-refractivity contribution < 1.29 is 174 Å². The number of ether oxygens (including phenoxy) is 6. The van der Waals surface area contributed by atoms with Gasteiger partial charge in [-0.25, -0.2) is 4.74 Å². The summed E-state index contributed by atoms with van der Waals surface area (Å²) in [5.74, 6) is -42.8. The average Bonchev–Trinajstić information content (AvgIpc) is 2.87. The van der Waals surface area contributed by atoms with Crippen LogP contribution in [0.1, 0.15) is 0 Å². The normalized spacial score (nSPS) is 29.5. The monoisotopic (exact) mass is 924 g/mol. The molecule has 56 heavy (non-hydrogen) atoms. The fourth-order valence-electron chi connectivity index (χ4n) is 2.89. The van der Waals surface area contributed by atoms with Gasteiger partial charge in [0.05, 0.1) is 0 Å². The van der Waals surface area contributed by atoms with Gasteiger partial charge in [0.15, 0.2) is 0 Å². The molecule has 0 aromatic carbocycles. The van der Waals surface area contributed by atoms with Crippen LogP contribution in [0.2, 0.25) is 0 Å². The molecule has 39 heteroatoms. The highest BCUT2D eigenvalue weighted by Crippen LogP contribution is 2.65. The summed E-state index contributed by atoms with van der Waals surface area (Å²) in [5, 5.41) is 0. The van der Waals surface area contributed by atoms with Crippen LogP contribution in [0.25, 0.3) is 0 Å². The molecule has 0 aromatic rings. The molecule has 1 rings (SSSR count). The summed E-state index contributed by atoms with van der Waals surface area (Å²) in [7, 11) is 0. The van der Waals surface area contributed by atoms with Gasteiger partial charge in [-0.15, -0.1) is 0 Å². The van der Waals surface area contributed by atoms with Gasteiger partial charge in [0.25, 0.3) is 0 Å². The van der Waals surface area contributed by atoms with Crippen LogP contribution < -0.4 is 0 Å². The Labute approximate surface area is 278 Å². The number of halogens is 32. The van der Waals surface area contributed by atoms with Gasteiger partial charge in [0, 0.05) is 0 Å². The second-order valence-electron chi connectivity index (χ2n) is 9.47. The summed E-state index contributed by atoms with van der Waals surface area (Å²) in [4.78, 5) is 10.2. The van der Waals surface area contributed by atoms with E-state index in [1.54, 1.807) is 0 Å². The van der Waals surface area contributed by atoms with E-state index in [9.17, 15) is 145 Å². The summed E-state index contributed by atoms with van der Waals surface area (Å²) in [6.07, 6.45) is -77.2. The topological polar surface area (TPSA) is 72.5 Å². The van der Waals surface area contributed by atoms with Crippen molar-refractivity contribution in [1.29, 1.82) is 0 Å². The first-order chi connectivity index (χ1) is 23.7. The molecule has 334 valence electrons. The molecule has 7 atom stereocenters. The molecule has 1 saturated heterocycles. The Hall–Kier alpha value is -2.81. The fraction of sp³-hybridized carbons (Fsp3) is 0.941. The van der Waals surface area contributed by atoms with Crippen LogP contribution in [0.5, 0.6) is 0 Å². The van der Waals surface area contributed by atoms with Gasteiger partial charge in [-0.05, 0) is 0 Å². The quantitative estimate of drug-likeness (QED) is 0.116. The third-order valence-electron chi connectivity index (χ3n) is 5.53. The Bertz CT molecular complexity index is 1460. The lowest BCUT2D eigenvalue weighted by molar-refractivity contribution is -0.662. The lowest BCUT2D eigenvalue weighted by Gasteiger charge is -2.51. The summed E-state index contributed by atoms with van der Waals surface area (Å²) in [6, 6.07) is -23.0. The molecule has 1 aliphatic rings. The first kappa shape index (κ1) is 51.2. The molecule has 0 saturated carbocycles. The van der Waals surface area contributed by atoms with Gasteiger partial charge in [-0.1, -0.05) is 0 Å². The van der Waals surface area contributed by atoms with Gasteiger partial charge >= 0.3 is 103 Å². The van der Waals surface area contributed by atoms with Crippen molar-refractivity contribution in [2.45, 2.75) is 96.7 Å². The van der Waals surface area contributed by atoms with Gasteiger partial charge in [0.2, 0.25) is 0 Å². The molecule has 0 amide bonds. The standard InChI is InChI=1S/C17F32O7/c18-1(50)2(19,7(24,25)26)51-13(42,43)3(20,8(27,28)29)55-17(49,12(39,40)41)56-15(46,47)5(22,10(33,34)35)54-16(48)6(23,11(36,37)38)52-14(44,45)4(21,53-16)9(30,31)32. The van der Waals surface area contributed by atoms with Crippen LogP contribution in [0, 0.1) is 0 Å². The van der Waals surface area contributed by atoms with E-state index in [0.717, 1.165) is 14.2 Å². The van der Waals surface area contributed by atoms with Gasteiger partial charge < -0.3 is 0 Å². The molecule has 0 aromatic heterocycles. The lowest BCUT2D eigenvalue weighted by Crippen LogP contribution is -2.79. The van der Waals surface area contributed by atoms with E-state index in [2.05, 4.69) is 0 Å². The minimum Gasteiger partial charge on any atom is -0.266 e. The van der Waals surface area contributed by atoms with Crippen LogP contribution in [0.4, 0.5) is 140 Å². The molecule has 0 radical (unpaired) electrons. The van der Waals surface area contributed by atoms with E-state index in [1.165, 1.54) is 14.2 Å². The zero-order valence-corrected chi connectivity index (χ0v) is 23.5. The van der Waals surface area contributed by atoms with Crippen molar-refractivity contribution in [3.05, 3.63) is 0 Å². The van der Waals surface area contributed by atoms with E-state index in [0.29, 0.717) is 0 Å². The van der Waals surface area contributed by atoms with Crippen LogP contribution in [-0.4, -0.2) is 103 Å². The van der Waals surface area contributed by atoms with Gasteiger partial charge in [0.1, 0.15) is 0 Å². The maximum absolute atomic E-state index is 14.9. The number of hydrogen-bond donors (Lipinski definition) is 0. The zero-order chi connectivity index (χ0) is 45.8. The number of hydrogen-bond acceptors (Lipinski definition) is 7. The number of alkyl halides is 31. The predicted octanol–water partition coefficient (Wildman–Crippen LogP) is 9.32. The second-order valence-corrected chi connectivity index (χ2v) is 9.47. The van der Waals surface area contributed by atoms with E-state index in [1.807, 2.05) is 0 Å². The molecule has 0 spiro atoms. The largest absolute Gasteiger partial charge is 0.478 e. The number of carbonyl (C=O) groups excluding carboxylic acids is 1. The van der Waals surface area contributed by atoms with Gasteiger partial charge in [-0.3, -0.25) is 28.5 Å². The summed E-state index contributed by atoms with van der Waals surface area (Å²) in [5.41, 5.74) is 0. The first-order valence-corrected chi connectivity index (χ1v) is 11.5. The molecular weight excluding hydrogens is 924 g/mol. The average molecular weight is 924 g/mol. The van der Waals surface area contributed by atoms with Crippen molar-refractivity contribution in [3.63, 3.8) is 0 Å². The van der Waals surface area contributed by atoms with Crippen molar-refractivity contribution in [2.75, 3.05) is 0 Å². The smallest absolute Gasteiger partial charge is 0.266 e. The van der Waals surface area contributed by atoms with Crippen molar-refractivity contribution in [2.24, 2.45) is 0 Å². The molecular formula is C17F32O7. The number of rotatable bonds is 11. The Morgan fingerprint density at radius 3 is 1.07 bits per heavy atom. The molecule has 1 fully saturated rings. The highest BCUT2D eigenvalue weighted by molar-refractivity contribution is 5.77. The Balaban J connectivity index is 4.24. The molecule has 1 aliphatic heterocycles. The van der Waals surface area contributed by atoms with Gasteiger partial charge in [-0.2, -0.15) is 140 Å². The summed E-state index contributed by atoms with van der Waals surface area (Å²) < 4.78 is 439. The second kappa shape index (κ2) is 13.1. The minimum atomic E-state index is -9.35. The third-order valence-corrected chi connectivity index (χ3v) is 5.53. The maximum Gasteiger partial charge on any atom is 0.478 e. The summed E-state index contributed by atoms with van der Waals surface area (Å²) >= 11 is 0. The molecule has 0 N–H and O–H groups in total. The van der Waals surface area contributed by atoms with E-state index in [-0.39, 0.29) is 0 Å². The van der Waals surface area contributed by atoms with Crippen LogP contribution >= 0.6 is 0 Å². The lowest BCUT2D eigenvalue weighted by atomic mass is 10.1. The van der Waals surface area contributed by atoms with E-state index in [4.69, 9.17) is 0 Å². The molecule has 1 heterocycles. The van der Waals surface area contributed by atoms with E-state index < -0.39 is 103 Å². The summed E-state index contributed by atoms with van der Waals surface area (Å²) in [6.45, 7) is 0. The third kappa shape index (κ3) is 7.73. The van der Waals surface area contributed by atoms with E-state index >= 15 is 0 Å². The highest BCUT2D eigenvalue weighted by atomic mass is 19.4. The van der Waals surface area contributed by atoms with Crippen LogP contribution in [-0.2, 0) is 33.2 Å². The molecule has 7 nitrogen and oxygen atoms in total. The zero-order valence-electron chi connectivity index (χ0n) is 23.5. The van der Waals surface area contributed by atoms with Crippen molar-refractivity contribution >= 4 is 6.04 Å². The van der Waals surface area contributed by atoms with Crippen LogP contribution in [0.3, 0.4) is 0 Å². The SMILES string of the molecule is O=C(F)C(F)(OC(F)(F)C(F)(OC(F)(OC(F)(F)C(F)(OC1(F)OC(F)(C(F)(F)F)C(F)(F)OC1(F)C(F)(F)F)C(F)(F)F)C(F)(F)F)C(F)(F)F)C(F)(F)F. The number of carbonyl (C=O) groups is 1. The minimum absolute atomic E-state index is 0.929. The molecule has 7 unspecified atom stereocenters. The van der Waals surface area contributed by atoms with Crippen molar-refractivity contribution in [3.8, 4) is 0 Å². The fourth-order valence-corrected chi connectivity index (χ4v) is 2.89. The molecule has 0 aliphatic carbocycles. The van der Waals surface area contributed by atoms with Crippen LogP contribution in [0.15, 0.2) is 0 Å². The molecule has 0 bridgehead atoms. The predicted molar refractivity (Wildman–Crippen MR) is 90.7 cm³/mol. The highest BCUT2D eigenvalue weighted by Gasteiger charge is 2.94. The van der Waals surface area contributed by atoms with Crippen molar-refractivity contribution in [1.82, 2.24) is 0 Å². The Morgan fingerprint density at radius 2 is 0.786 bits per heavy atom. The Kier molecular flexibility index (Phi) is 12.0. The maximum atomic E-state index is 14.9.